The molecule has 0 aromatic rings. The molecule has 0 aromatic carbocycles. The van der Waals surface area contributed by atoms with Gasteiger partial charge in [0.05, 0.1) is 6.26 Å². The molecule has 0 aromatic heterocycles. The first-order chi connectivity index (χ1) is 10.5. The van der Waals surface area contributed by atoms with Gasteiger partial charge in [0.1, 0.15) is 0 Å². The van der Waals surface area contributed by atoms with Crippen LogP contribution in [0.15, 0.2) is 4.99 Å². The molecular weight excluding hydrogens is 427 g/mol. The molecule has 0 heterocycles. The van der Waals surface area contributed by atoms with Crippen molar-refractivity contribution in [1.29, 1.82) is 0 Å². The third-order valence-electron chi connectivity index (χ3n) is 3.95. The lowest BCUT2D eigenvalue weighted by molar-refractivity contribution is 0.409. The number of nitrogens with one attached hydrogen (secondary N) is 2. The van der Waals surface area contributed by atoms with Gasteiger partial charge in [0.25, 0.3) is 0 Å². The average Bonchev–Trinajstić information content (AvgIpc) is 2.47. The Kier molecular flexibility index (Phi) is 12.2. The summed E-state index contributed by atoms with van der Waals surface area (Å²) >= 11 is 0. The van der Waals surface area contributed by atoms with Crippen molar-refractivity contribution in [1.82, 2.24) is 14.9 Å². The van der Waals surface area contributed by atoms with Crippen molar-refractivity contribution in [2.24, 2.45) is 4.99 Å². The van der Waals surface area contributed by atoms with E-state index in [-0.39, 0.29) is 24.0 Å². The summed E-state index contributed by atoms with van der Waals surface area (Å²) in [6.45, 7) is 6.43. The molecule has 0 amide bonds. The summed E-state index contributed by atoms with van der Waals surface area (Å²) in [4.78, 5) is 4.57. The van der Waals surface area contributed by atoms with E-state index >= 15 is 0 Å². The zero-order chi connectivity index (χ0) is 16.4. The van der Waals surface area contributed by atoms with Crippen LogP contribution < -0.4 is 10.6 Å². The molecule has 0 unspecified atom stereocenters. The fraction of sp³-hybridized carbons (Fsp3) is 0.933. The Morgan fingerprint density at radius 2 is 1.87 bits per heavy atom. The van der Waals surface area contributed by atoms with Crippen LogP contribution in [0.3, 0.4) is 0 Å². The third-order valence-corrected chi connectivity index (χ3v) is 5.33. The van der Waals surface area contributed by atoms with E-state index in [9.17, 15) is 8.42 Å². The largest absolute Gasteiger partial charge is 0.357 e. The molecule has 0 saturated heterocycles. The Balaban J connectivity index is 0.00000484. The smallest absolute Gasteiger partial charge is 0.211 e. The fourth-order valence-electron chi connectivity index (χ4n) is 2.76. The van der Waals surface area contributed by atoms with Crippen LogP contribution >= 0.6 is 24.0 Å². The number of guanidine groups is 1. The van der Waals surface area contributed by atoms with Crippen LogP contribution in [0.1, 0.15) is 52.4 Å². The number of sulfonamides is 1. The fourth-order valence-corrected chi connectivity index (χ4v) is 3.69. The third kappa shape index (κ3) is 9.71. The summed E-state index contributed by atoms with van der Waals surface area (Å²) in [6.07, 6.45) is 8.33. The molecule has 23 heavy (non-hydrogen) atoms. The minimum absolute atomic E-state index is 0. The van der Waals surface area contributed by atoms with Gasteiger partial charge in [0.2, 0.25) is 10.0 Å². The highest BCUT2D eigenvalue weighted by atomic mass is 127. The van der Waals surface area contributed by atoms with Gasteiger partial charge in [-0.15, -0.1) is 24.0 Å². The predicted molar refractivity (Wildman–Crippen MR) is 108 cm³/mol. The van der Waals surface area contributed by atoms with Gasteiger partial charge < -0.3 is 10.6 Å². The Morgan fingerprint density at radius 1 is 1.22 bits per heavy atom. The second-order valence-electron chi connectivity index (χ2n) is 5.85. The molecule has 0 radical (unpaired) electrons. The lowest BCUT2D eigenvalue weighted by Gasteiger charge is -2.25. The SMILES string of the molecule is CCNC(=NCCCN(CC)S(C)(=O)=O)NC1CCCCC1.I. The summed E-state index contributed by atoms with van der Waals surface area (Å²) in [7, 11) is -3.09. The van der Waals surface area contributed by atoms with Crippen molar-refractivity contribution >= 4 is 40.0 Å². The monoisotopic (exact) mass is 460 g/mol. The first-order valence-electron chi connectivity index (χ1n) is 8.47. The molecule has 0 aliphatic heterocycles. The summed E-state index contributed by atoms with van der Waals surface area (Å²) in [6, 6.07) is 0.523. The zero-order valence-corrected chi connectivity index (χ0v) is 17.8. The maximum atomic E-state index is 11.5. The second kappa shape index (κ2) is 12.3. The second-order valence-corrected chi connectivity index (χ2v) is 7.83. The van der Waals surface area contributed by atoms with E-state index in [0.717, 1.165) is 18.9 Å². The minimum Gasteiger partial charge on any atom is -0.357 e. The van der Waals surface area contributed by atoms with Crippen molar-refractivity contribution < 1.29 is 8.42 Å². The lowest BCUT2D eigenvalue weighted by Crippen LogP contribution is -2.44. The van der Waals surface area contributed by atoms with Gasteiger partial charge in [0, 0.05) is 32.2 Å². The Morgan fingerprint density at radius 3 is 2.39 bits per heavy atom. The number of hydrogen-bond donors (Lipinski definition) is 2. The topological polar surface area (TPSA) is 73.8 Å². The quantitative estimate of drug-likeness (QED) is 0.252. The Hall–Kier alpha value is -0.0900. The summed E-state index contributed by atoms with van der Waals surface area (Å²) < 4.78 is 24.5. The van der Waals surface area contributed by atoms with E-state index in [1.165, 1.54) is 42.7 Å². The van der Waals surface area contributed by atoms with E-state index in [0.29, 0.717) is 25.7 Å². The van der Waals surface area contributed by atoms with Crippen molar-refractivity contribution in [2.45, 2.75) is 58.4 Å². The van der Waals surface area contributed by atoms with Crippen molar-refractivity contribution in [3.05, 3.63) is 0 Å². The van der Waals surface area contributed by atoms with Crippen molar-refractivity contribution in [2.75, 3.05) is 32.4 Å². The van der Waals surface area contributed by atoms with Gasteiger partial charge >= 0.3 is 0 Å². The molecule has 1 rings (SSSR count). The average molecular weight is 460 g/mol. The van der Waals surface area contributed by atoms with Gasteiger partial charge in [-0.25, -0.2) is 12.7 Å². The summed E-state index contributed by atoms with van der Waals surface area (Å²) in [5, 5.41) is 6.77. The van der Waals surface area contributed by atoms with Gasteiger partial charge in [-0.2, -0.15) is 0 Å². The van der Waals surface area contributed by atoms with Gasteiger partial charge in [-0.1, -0.05) is 26.2 Å². The van der Waals surface area contributed by atoms with E-state index in [1.807, 2.05) is 6.92 Å². The van der Waals surface area contributed by atoms with Crippen LogP contribution in [-0.2, 0) is 10.0 Å². The van der Waals surface area contributed by atoms with Gasteiger partial charge in [-0.05, 0) is 26.2 Å². The minimum atomic E-state index is -3.09. The number of hydrogen-bond acceptors (Lipinski definition) is 3. The van der Waals surface area contributed by atoms with Crippen LogP contribution in [0.5, 0.6) is 0 Å². The van der Waals surface area contributed by atoms with Crippen LogP contribution in [-0.4, -0.2) is 57.2 Å². The molecule has 1 aliphatic rings. The summed E-state index contributed by atoms with van der Waals surface area (Å²) in [5.74, 6) is 0.858. The van der Waals surface area contributed by atoms with Gasteiger partial charge in [-0.3, -0.25) is 4.99 Å². The van der Waals surface area contributed by atoms with Crippen LogP contribution in [0.4, 0.5) is 0 Å². The lowest BCUT2D eigenvalue weighted by atomic mass is 9.96. The molecular formula is C15H33IN4O2S. The van der Waals surface area contributed by atoms with Gasteiger partial charge in [0.15, 0.2) is 5.96 Å². The Bertz CT molecular complexity index is 437. The first-order valence-corrected chi connectivity index (χ1v) is 10.3. The molecule has 0 spiro atoms. The van der Waals surface area contributed by atoms with E-state index in [1.54, 1.807) is 0 Å². The molecule has 1 saturated carbocycles. The highest BCUT2D eigenvalue weighted by Gasteiger charge is 2.15. The molecule has 8 heteroatoms. The molecule has 6 nitrogen and oxygen atoms in total. The summed E-state index contributed by atoms with van der Waals surface area (Å²) in [5.41, 5.74) is 0. The maximum absolute atomic E-state index is 11.5. The zero-order valence-electron chi connectivity index (χ0n) is 14.7. The molecule has 0 atom stereocenters. The molecule has 0 bridgehead atoms. The number of nitrogens with zero attached hydrogens (tertiary/aromatic N) is 2. The van der Waals surface area contributed by atoms with Crippen LogP contribution in [0.2, 0.25) is 0 Å². The Labute approximate surface area is 159 Å². The molecule has 1 fully saturated rings. The highest BCUT2D eigenvalue weighted by Crippen LogP contribution is 2.17. The van der Waals surface area contributed by atoms with E-state index in [4.69, 9.17) is 0 Å². The number of halogens is 1. The van der Waals surface area contributed by atoms with Crippen LogP contribution in [0, 0.1) is 0 Å². The normalized spacial score (nSPS) is 17.0. The van der Waals surface area contributed by atoms with E-state index < -0.39 is 10.0 Å². The molecule has 138 valence electrons. The molecule has 2 N–H and O–H groups in total. The number of rotatable bonds is 8. The van der Waals surface area contributed by atoms with Crippen molar-refractivity contribution in [3.63, 3.8) is 0 Å². The first kappa shape index (κ1) is 22.9. The van der Waals surface area contributed by atoms with Crippen molar-refractivity contribution in [3.8, 4) is 0 Å². The standard InChI is InChI=1S/C15H32N4O2S.HI/c1-4-16-15(18-14-10-7-6-8-11-14)17-12-9-13-19(5-2)22(3,20)21;/h14H,4-13H2,1-3H3,(H2,16,17,18);1H. The predicted octanol–water partition coefficient (Wildman–Crippen LogP) is 2.16. The highest BCUT2D eigenvalue weighted by molar-refractivity contribution is 14.0. The number of aliphatic imine (C=N–C) groups is 1. The van der Waals surface area contributed by atoms with E-state index in [2.05, 4.69) is 22.5 Å². The molecule has 1 aliphatic carbocycles. The van der Waals surface area contributed by atoms with Crippen LogP contribution in [0.25, 0.3) is 0 Å². The maximum Gasteiger partial charge on any atom is 0.211 e.